The first-order valence-electron chi connectivity index (χ1n) is 6.73. The van der Waals surface area contributed by atoms with Crippen LogP contribution < -0.4 is 5.32 Å². The monoisotopic (exact) mass is 339 g/mol. The van der Waals surface area contributed by atoms with Gasteiger partial charge < -0.3 is 5.32 Å². The van der Waals surface area contributed by atoms with E-state index in [0.717, 1.165) is 22.5 Å². The summed E-state index contributed by atoms with van der Waals surface area (Å²) < 4.78 is 22.0. The Kier molecular flexibility index (Phi) is 5.62. The van der Waals surface area contributed by atoms with Gasteiger partial charge in [-0.25, -0.2) is 13.4 Å². The van der Waals surface area contributed by atoms with Gasteiger partial charge in [-0.2, -0.15) is 0 Å². The molecule has 22 heavy (non-hydrogen) atoms. The number of amides is 1. The molecule has 0 spiro atoms. The Balaban J connectivity index is 1.78. The number of thiazole rings is 1. The number of nitrogens with one attached hydrogen (secondary N) is 1. The van der Waals surface area contributed by atoms with E-state index < -0.39 is 9.84 Å². The third-order valence-corrected chi connectivity index (χ3v) is 4.77. The standard InChI is InChI=1S/C14H17N3O3S2/c1-22(19,20)9-5-13(18)16-8-4-12-10-21-14(17-12)11-2-6-15-7-3-11/h2-3,6-7,10H,4-5,8-9H2,1H3,(H,16,18). The fraction of sp³-hybridized carbons (Fsp3) is 0.357. The molecule has 2 rings (SSSR count). The highest BCUT2D eigenvalue weighted by atomic mass is 32.2. The maximum Gasteiger partial charge on any atom is 0.221 e. The summed E-state index contributed by atoms with van der Waals surface area (Å²) in [5.41, 5.74) is 1.92. The Labute approximate surface area is 133 Å². The van der Waals surface area contributed by atoms with E-state index in [1.165, 1.54) is 0 Å². The van der Waals surface area contributed by atoms with Crippen molar-refractivity contribution in [3.63, 3.8) is 0 Å². The molecule has 0 atom stereocenters. The van der Waals surface area contributed by atoms with Crippen LogP contribution in [-0.4, -0.2) is 42.8 Å². The molecule has 6 nitrogen and oxygen atoms in total. The van der Waals surface area contributed by atoms with Crippen molar-refractivity contribution in [3.05, 3.63) is 35.6 Å². The van der Waals surface area contributed by atoms with E-state index in [0.29, 0.717) is 13.0 Å². The molecule has 118 valence electrons. The Bertz CT molecular complexity index is 727. The van der Waals surface area contributed by atoms with Crippen molar-refractivity contribution < 1.29 is 13.2 Å². The minimum atomic E-state index is -3.10. The van der Waals surface area contributed by atoms with Crippen LogP contribution in [0.1, 0.15) is 12.1 Å². The van der Waals surface area contributed by atoms with Crippen LogP contribution in [0.5, 0.6) is 0 Å². The second kappa shape index (κ2) is 7.46. The topological polar surface area (TPSA) is 89.0 Å². The maximum atomic E-state index is 11.5. The molecule has 0 saturated heterocycles. The smallest absolute Gasteiger partial charge is 0.221 e. The lowest BCUT2D eigenvalue weighted by molar-refractivity contribution is -0.120. The molecule has 1 N–H and O–H groups in total. The molecular weight excluding hydrogens is 322 g/mol. The summed E-state index contributed by atoms with van der Waals surface area (Å²) in [6.07, 6.45) is 5.18. The summed E-state index contributed by atoms with van der Waals surface area (Å²) in [6, 6.07) is 3.80. The lowest BCUT2D eigenvalue weighted by Gasteiger charge is -2.03. The van der Waals surface area contributed by atoms with Gasteiger partial charge in [-0.15, -0.1) is 11.3 Å². The van der Waals surface area contributed by atoms with Gasteiger partial charge in [0, 0.05) is 49.0 Å². The first-order valence-corrected chi connectivity index (χ1v) is 9.67. The molecular formula is C14H17N3O3S2. The van der Waals surface area contributed by atoms with E-state index in [9.17, 15) is 13.2 Å². The van der Waals surface area contributed by atoms with E-state index in [1.54, 1.807) is 23.7 Å². The Morgan fingerprint density at radius 2 is 2.05 bits per heavy atom. The highest BCUT2D eigenvalue weighted by Crippen LogP contribution is 2.22. The Hall–Kier alpha value is -1.80. The third kappa shape index (κ3) is 5.53. The van der Waals surface area contributed by atoms with Gasteiger partial charge in [0.15, 0.2) is 0 Å². The van der Waals surface area contributed by atoms with Gasteiger partial charge in [0.25, 0.3) is 0 Å². The number of hydrogen-bond acceptors (Lipinski definition) is 6. The van der Waals surface area contributed by atoms with Gasteiger partial charge in [0.05, 0.1) is 11.4 Å². The van der Waals surface area contributed by atoms with Gasteiger partial charge in [-0.05, 0) is 12.1 Å². The Morgan fingerprint density at radius 3 is 2.73 bits per heavy atom. The second-order valence-corrected chi connectivity index (χ2v) is 7.98. The van der Waals surface area contributed by atoms with E-state index >= 15 is 0 Å². The van der Waals surface area contributed by atoms with E-state index in [1.807, 2.05) is 17.5 Å². The molecule has 2 aromatic rings. The summed E-state index contributed by atoms with van der Waals surface area (Å²) in [4.78, 5) is 20.0. The number of pyridine rings is 1. The van der Waals surface area contributed by atoms with Gasteiger partial charge in [0.2, 0.25) is 5.91 Å². The molecule has 0 unspecified atom stereocenters. The molecule has 1 amide bonds. The quantitative estimate of drug-likeness (QED) is 0.821. The van der Waals surface area contributed by atoms with Crippen molar-refractivity contribution in [2.75, 3.05) is 18.6 Å². The van der Waals surface area contributed by atoms with Gasteiger partial charge >= 0.3 is 0 Å². The van der Waals surface area contributed by atoms with Crippen LogP contribution in [0, 0.1) is 0 Å². The number of nitrogens with zero attached hydrogens (tertiary/aromatic N) is 2. The number of hydrogen-bond donors (Lipinski definition) is 1. The summed E-state index contributed by atoms with van der Waals surface area (Å²) in [7, 11) is -3.10. The molecule has 0 bridgehead atoms. The lowest BCUT2D eigenvalue weighted by atomic mass is 10.3. The first-order chi connectivity index (χ1) is 10.4. The predicted octanol–water partition coefficient (Wildman–Crippen LogP) is 1.30. The molecule has 8 heteroatoms. The summed E-state index contributed by atoms with van der Waals surface area (Å²) in [5, 5.41) is 5.58. The van der Waals surface area contributed by atoms with E-state index in [2.05, 4.69) is 15.3 Å². The van der Waals surface area contributed by atoms with E-state index in [-0.39, 0.29) is 18.1 Å². The number of carbonyl (C=O) groups excluding carboxylic acids is 1. The van der Waals surface area contributed by atoms with Crippen LogP contribution in [0.3, 0.4) is 0 Å². The summed E-state index contributed by atoms with van der Waals surface area (Å²) in [6.45, 7) is 0.447. The molecule has 0 aliphatic rings. The largest absolute Gasteiger partial charge is 0.356 e. The predicted molar refractivity (Wildman–Crippen MR) is 86.4 cm³/mol. The molecule has 0 fully saturated rings. The average molecular weight is 339 g/mol. The van der Waals surface area contributed by atoms with Gasteiger partial charge in [-0.1, -0.05) is 0 Å². The molecule has 2 heterocycles. The molecule has 0 saturated carbocycles. The molecule has 0 radical (unpaired) electrons. The number of sulfone groups is 1. The van der Waals surface area contributed by atoms with Crippen LogP contribution in [0.25, 0.3) is 10.6 Å². The number of aromatic nitrogens is 2. The first kappa shape index (κ1) is 16.6. The average Bonchev–Trinajstić information content (AvgIpc) is 2.94. The van der Waals surface area contributed by atoms with Crippen molar-refractivity contribution in [1.29, 1.82) is 0 Å². The van der Waals surface area contributed by atoms with Crippen molar-refractivity contribution in [2.24, 2.45) is 0 Å². The highest BCUT2D eigenvalue weighted by molar-refractivity contribution is 7.90. The zero-order valence-electron chi connectivity index (χ0n) is 12.2. The van der Waals surface area contributed by atoms with Crippen molar-refractivity contribution >= 4 is 27.1 Å². The van der Waals surface area contributed by atoms with Crippen LogP contribution in [0.4, 0.5) is 0 Å². The maximum absolute atomic E-state index is 11.5. The van der Waals surface area contributed by atoms with Crippen LogP contribution in [0.15, 0.2) is 29.9 Å². The molecule has 0 aliphatic carbocycles. The van der Waals surface area contributed by atoms with E-state index in [4.69, 9.17) is 0 Å². The van der Waals surface area contributed by atoms with Crippen molar-refractivity contribution in [1.82, 2.24) is 15.3 Å². The number of carbonyl (C=O) groups is 1. The molecule has 2 aromatic heterocycles. The molecule has 0 aliphatic heterocycles. The SMILES string of the molecule is CS(=O)(=O)CCC(=O)NCCc1csc(-c2ccncc2)n1. The van der Waals surface area contributed by atoms with Crippen LogP contribution >= 0.6 is 11.3 Å². The molecule has 0 aromatic carbocycles. The zero-order valence-corrected chi connectivity index (χ0v) is 13.8. The van der Waals surface area contributed by atoms with Gasteiger partial charge in [0.1, 0.15) is 14.8 Å². The minimum absolute atomic E-state index is 0.00182. The number of rotatable bonds is 7. The van der Waals surface area contributed by atoms with Crippen molar-refractivity contribution in [2.45, 2.75) is 12.8 Å². The Morgan fingerprint density at radius 1 is 1.32 bits per heavy atom. The normalized spacial score (nSPS) is 11.3. The fourth-order valence-electron chi connectivity index (χ4n) is 1.75. The summed E-state index contributed by atoms with van der Waals surface area (Å²) in [5.74, 6) is -0.378. The fourth-order valence-corrected chi connectivity index (χ4v) is 3.16. The highest BCUT2D eigenvalue weighted by Gasteiger charge is 2.08. The third-order valence-electron chi connectivity index (χ3n) is 2.88. The lowest BCUT2D eigenvalue weighted by Crippen LogP contribution is -2.27. The second-order valence-electron chi connectivity index (χ2n) is 4.86. The minimum Gasteiger partial charge on any atom is -0.356 e. The van der Waals surface area contributed by atoms with Crippen molar-refractivity contribution in [3.8, 4) is 10.6 Å². The van der Waals surface area contributed by atoms with Gasteiger partial charge in [-0.3, -0.25) is 9.78 Å². The summed E-state index contributed by atoms with van der Waals surface area (Å²) >= 11 is 1.54. The van der Waals surface area contributed by atoms with Crippen LogP contribution in [0.2, 0.25) is 0 Å². The zero-order chi connectivity index (χ0) is 16.0. The van der Waals surface area contributed by atoms with Crippen LogP contribution in [-0.2, 0) is 21.1 Å².